The predicted octanol–water partition coefficient (Wildman–Crippen LogP) is 0.459. The lowest BCUT2D eigenvalue weighted by atomic mass is 9.78. The number of carbonyl (C=O) groups excluding carboxylic acids is 1. The van der Waals surface area contributed by atoms with E-state index in [-0.39, 0.29) is 11.4 Å². The minimum atomic E-state index is -0.690. The Bertz CT molecular complexity index is 249. The Morgan fingerprint density at radius 2 is 2.13 bits per heavy atom. The molecule has 1 aliphatic carbocycles. The van der Waals surface area contributed by atoms with Crippen molar-refractivity contribution in [3.8, 4) is 0 Å². The van der Waals surface area contributed by atoms with Gasteiger partial charge in [-0.05, 0) is 19.4 Å². The Morgan fingerprint density at radius 1 is 1.47 bits per heavy atom. The molecule has 0 aromatic carbocycles. The molecular formula is C11H20N2O2. The molecule has 2 rings (SSSR count). The van der Waals surface area contributed by atoms with Crippen molar-refractivity contribution in [2.75, 3.05) is 13.1 Å². The zero-order valence-corrected chi connectivity index (χ0v) is 9.33. The zero-order chi connectivity index (χ0) is 10.9. The monoisotopic (exact) mass is 212 g/mol. The third-order valence-electron chi connectivity index (χ3n) is 3.78. The van der Waals surface area contributed by atoms with E-state index in [1.165, 1.54) is 6.42 Å². The van der Waals surface area contributed by atoms with E-state index in [1.54, 1.807) is 0 Å². The van der Waals surface area contributed by atoms with Crippen molar-refractivity contribution in [1.82, 2.24) is 10.2 Å². The van der Waals surface area contributed by atoms with Gasteiger partial charge in [-0.3, -0.25) is 9.69 Å². The van der Waals surface area contributed by atoms with Crippen LogP contribution in [-0.2, 0) is 4.79 Å². The normalized spacial score (nSPS) is 31.6. The van der Waals surface area contributed by atoms with Crippen molar-refractivity contribution in [2.45, 2.75) is 50.8 Å². The minimum absolute atomic E-state index is 0.0304. The van der Waals surface area contributed by atoms with Crippen molar-refractivity contribution in [3.05, 3.63) is 0 Å². The number of carbonyl (C=O) groups is 1. The highest BCUT2D eigenvalue weighted by Gasteiger charge is 2.47. The third-order valence-corrected chi connectivity index (χ3v) is 3.78. The van der Waals surface area contributed by atoms with Gasteiger partial charge in [0.25, 0.3) is 0 Å². The van der Waals surface area contributed by atoms with Gasteiger partial charge in [-0.25, -0.2) is 0 Å². The van der Waals surface area contributed by atoms with Gasteiger partial charge in [0.1, 0.15) is 11.8 Å². The van der Waals surface area contributed by atoms with Crippen molar-refractivity contribution in [3.63, 3.8) is 0 Å². The smallest absolute Gasteiger partial charge is 0.242 e. The summed E-state index contributed by atoms with van der Waals surface area (Å²) in [6.07, 6.45) is 4.68. The predicted molar refractivity (Wildman–Crippen MR) is 57.2 cm³/mol. The first-order valence-corrected chi connectivity index (χ1v) is 5.93. The van der Waals surface area contributed by atoms with E-state index in [0.717, 1.165) is 32.2 Å². The number of nitrogens with zero attached hydrogens (tertiary/aromatic N) is 1. The Kier molecular flexibility index (Phi) is 2.98. The van der Waals surface area contributed by atoms with E-state index in [4.69, 9.17) is 0 Å². The molecule has 2 N–H and O–H groups in total. The molecule has 0 aromatic heterocycles. The number of hydrogen-bond donors (Lipinski definition) is 2. The van der Waals surface area contributed by atoms with Crippen molar-refractivity contribution >= 4 is 5.91 Å². The summed E-state index contributed by atoms with van der Waals surface area (Å²) < 4.78 is 0. The molecule has 0 radical (unpaired) electrons. The molecule has 1 heterocycles. The Balaban J connectivity index is 2.21. The SMILES string of the molecule is CCN1CC(O)NC(=O)C12CCCCC2. The number of likely N-dealkylation sites (N-methyl/N-ethyl adjacent to an activating group) is 1. The van der Waals surface area contributed by atoms with E-state index in [9.17, 15) is 9.90 Å². The Labute approximate surface area is 90.6 Å². The maximum atomic E-state index is 12.0. The molecule has 0 bridgehead atoms. The van der Waals surface area contributed by atoms with Crippen molar-refractivity contribution in [1.29, 1.82) is 0 Å². The molecule has 1 amide bonds. The summed E-state index contributed by atoms with van der Waals surface area (Å²) in [5, 5.41) is 12.2. The van der Waals surface area contributed by atoms with Crippen LogP contribution in [-0.4, -0.2) is 40.8 Å². The topological polar surface area (TPSA) is 52.6 Å². The first-order chi connectivity index (χ1) is 7.19. The zero-order valence-electron chi connectivity index (χ0n) is 9.33. The quantitative estimate of drug-likeness (QED) is 0.664. The summed E-state index contributed by atoms with van der Waals surface area (Å²) in [7, 11) is 0. The van der Waals surface area contributed by atoms with Gasteiger partial charge in [-0.1, -0.05) is 26.2 Å². The number of hydrogen-bond acceptors (Lipinski definition) is 3. The fourth-order valence-corrected chi connectivity index (χ4v) is 2.97. The fraction of sp³-hybridized carbons (Fsp3) is 0.909. The number of aliphatic hydroxyl groups excluding tert-OH is 1. The second kappa shape index (κ2) is 4.10. The van der Waals surface area contributed by atoms with Gasteiger partial charge in [0, 0.05) is 6.54 Å². The largest absolute Gasteiger partial charge is 0.372 e. The first kappa shape index (κ1) is 10.9. The summed E-state index contributed by atoms with van der Waals surface area (Å²) in [5.41, 5.74) is -0.313. The van der Waals surface area contributed by atoms with Gasteiger partial charge < -0.3 is 10.4 Å². The van der Waals surface area contributed by atoms with Gasteiger partial charge in [-0.2, -0.15) is 0 Å². The molecule has 86 valence electrons. The van der Waals surface area contributed by atoms with Crippen LogP contribution >= 0.6 is 0 Å². The molecule has 2 aliphatic rings. The number of piperazine rings is 1. The third kappa shape index (κ3) is 1.76. The van der Waals surface area contributed by atoms with E-state index >= 15 is 0 Å². The van der Waals surface area contributed by atoms with Crippen LogP contribution in [0.4, 0.5) is 0 Å². The maximum Gasteiger partial charge on any atom is 0.242 e. The van der Waals surface area contributed by atoms with Gasteiger partial charge in [0.05, 0.1) is 0 Å². The number of β-amino-alcohol motifs (C(OH)–C–C–N with tert-alkyl or cyclic N) is 1. The molecular weight excluding hydrogens is 192 g/mol. The van der Waals surface area contributed by atoms with E-state index in [2.05, 4.69) is 17.1 Å². The van der Waals surface area contributed by atoms with Crippen LogP contribution in [0.5, 0.6) is 0 Å². The first-order valence-electron chi connectivity index (χ1n) is 5.93. The molecule has 1 aliphatic heterocycles. The van der Waals surface area contributed by atoms with Gasteiger partial charge in [0.15, 0.2) is 0 Å². The minimum Gasteiger partial charge on any atom is -0.372 e. The highest BCUT2D eigenvalue weighted by molar-refractivity contribution is 5.87. The number of amides is 1. The van der Waals surface area contributed by atoms with Crippen LogP contribution in [0.25, 0.3) is 0 Å². The average molecular weight is 212 g/mol. The van der Waals surface area contributed by atoms with Crippen LogP contribution in [0.2, 0.25) is 0 Å². The van der Waals surface area contributed by atoms with E-state index in [1.807, 2.05) is 0 Å². The van der Waals surface area contributed by atoms with Crippen molar-refractivity contribution in [2.24, 2.45) is 0 Å². The second-order valence-electron chi connectivity index (χ2n) is 4.62. The maximum absolute atomic E-state index is 12.0. The lowest BCUT2D eigenvalue weighted by molar-refractivity contribution is -0.149. The number of rotatable bonds is 1. The van der Waals surface area contributed by atoms with Gasteiger partial charge >= 0.3 is 0 Å². The lowest BCUT2D eigenvalue weighted by Crippen LogP contribution is -2.68. The molecule has 1 spiro atoms. The van der Waals surface area contributed by atoms with Crippen LogP contribution in [0.1, 0.15) is 39.0 Å². The summed E-state index contributed by atoms with van der Waals surface area (Å²) >= 11 is 0. The van der Waals surface area contributed by atoms with E-state index < -0.39 is 6.23 Å². The van der Waals surface area contributed by atoms with E-state index in [0.29, 0.717) is 6.54 Å². The van der Waals surface area contributed by atoms with Gasteiger partial charge in [-0.15, -0.1) is 0 Å². The second-order valence-corrected chi connectivity index (χ2v) is 4.62. The highest BCUT2D eigenvalue weighted by atomic mass is 16.3. The summed E-state index contributed by atoms with van der Waals surface area (Å²) in [6, 6.07) is 0. The Hall–Kier alpha value is -0.610. The summed E-state index contributed by atoms with van der Waals surface area (Å²) in [4.78, 5) is 14.2. The molecule has 4 nitrogen and oxygen atoms in total. The summed E-state index contributed by atoms with van der Waals surface area (Å²) in [5.74, 6) is 0.0304. The van der Waals surface area contributed by atoms with Crippen molar-refractivity contribution < 1.29 is 9.90 Å². The fourth-order valence-electron chi connectivity index (χ4n) is 2.97. The number of nitrogens with one attached hydrogen (secondary N) is 1. The molecule has 2 fully saturated rings. The molecule has 4 heteroatoms. The van der Waals surface area contributed by atoms with Crippen LogP contribution in [0, 0.1) is 0 Å². The van der Waals surface area contributed by atoms with Crippen LogP contribution in [0.15, 0.2) is 0 Å². The van der Waals surface area contributed by atoms with Gasteiger partial charge in [0.2, 0.25) is 5.91 Å². The molecule has 15 heavy (non-hydrogen) atoms. The molecule has 1 unspecified atom stereocenters. The lowest BCUT2D eigenvalue weighted by Gasteiger charge is -2.49. The molecule has 0 aromatic rings. The Morgan fingerprint density at radius 3 is 2.73 bits per heavy atom. The highest BCUT2D eigenvalue weighted by Crippen LogP contribution is 2.35. The summed E-state index contributed by atoms with van der Waals surface area (Å²) in [6.45, 7) is 3.47. The molecule has 1 atom stereocenters. The molecule has 1 saturated carbocycles. The van der Waals surface area contributed by atoms with Crippen LogP contribution in [0.3, 0.4) is 0 Å². The molecule has 1 saturated heterocycles. The number of aliphatic hydroxyl groups is 1. The average Bonchev–Trinajstić information content (AvgIpc) is 2.25. The van der Waals surface area contributed by atoms with Crippen LogP contribution < -0.4 is 5.32 Å². The standard InChI is InChI=1S/C11H20N2O2/c1-2-13-8-9(14)12-10(15)11(13)6-4-3-5-7-11/h9,14H,2-8H2,1H3,(H,12,15).